The Morgan fingerprint density at radius 1 is 1.44 bits per heavy atom. The number of aliphatic carboxylic acids is 1. The van der Waals surface area contributed by atoms with E-state index in [-0.39, 0.29) is 18.3 Å². The fourth-order valence-corrected chi connectivity index (χ4v) is 2.07. The van der Waals surface area contributed by atoms with Crippen LogP contribution in [0.25, 0.3) is 0 Å². The van der Waals surface area contributed by atoms with E-state index in [0.717, 1.165) is 45.6 Å². The fraction of sp³-hybridized carbons (Fsp3) is 0.923. The van der Waals surface area contributed by atoms with E-state index >= 15 is 0 Å². The van der Waals surface area contributed by atoms with Gasteiger partial charge in [0.15, 0.2) is 0 Å². The molecule has 0 aromatic heterocycles. The van der Waals surface area contributed by atoms with Crippen molar-refractivity contribution in [1.82, 2.24) is 4.90 Å². The van der Waals surface area contributed by atoms with Crippen LogP contribution in [0.2, 0.25) is 0 Å². The van der Waals surface area contributed by atoms with Crippen molar-refractivity contribution in [2.24, 2.45) is 11.8 Å². The lowest BCUT2D eigenvalue weighted by Gasteiger charge is -2.30. The summed E-state index contributed by atoms with van der Waals surface area (Å²) in [5.74, 6) is -0.156. The molecule has 1 unspecified atom stereocenters. The summed E-state index contributed by atoms with van der Waals surface area (Å²) in [6.07, 6.45) is 2.90. The quantitative estimate of drug-likeness (QED) is 0.727. The predicted octanol–water partition coefficient (Wildman–Crippen LogP) is 2.27. The molecule has 0 saturated carbocycles. The molecule has 1 heterocycles. The first kappa shape index (κ1) is 17.7. The molecular formula is C13H26ClNO3. The smallest absolute Gasteiger partial charge is 0.307 e. The summed E-state index contributed by atoms with van der Waals surface area (Å²) in [6.45, 7) is 8.46. The van der Waals surface area contributed by atoms with Crippen LogP contribution in [0.3, 0.4) is 0 Å². The highest BCUT2D eigenvalue weighted by Crippen LogP contribution is 2.16. The fourth-order valence-electron chi connectivity index (χ4n) is 2.07. The molecule has 108 valence electrons. The minimum Gasteiger partial charge on any atom is -0.481 e. The zero-order valence-electron chi connectivity index (χ0n) is 11.4. The minimum absolute atomic E-state index is 0. The van der Waals surface area contributed by atoms with Crippen LogP contribution in [0, 0.1) is 11.8 Å². The molecule has 1 N–H and O–H groups in total. The third-order valence-corrected chi connectivity index (χ3v) is 3.25. The summed E-state index contributed by atoms with van der Waals surface area (Å²) in [7, 11) is 0. The minimum atomic E-state index is -0.657. The second-order valence-electron chi connectivity index (χ2n) is 5.27. The topological polar surface area (TPSA) is 49.8 Å². The van der Waals surface area contributed by atoms with Crippen LogP contribution in [0.1, 0.15) is 33.1 Å². The SMILES string of the molecule is CC(C)CCOCCN1CCCC(C(=O)O)C1.Cl. The lowest BCUT2D eigenvalue weighted by Crippen LogP contribution is -2.40. The third kappa shape index (κ3) is 7.19. The standard InChI is InChI=1S/C13H25NO3.ClH/c1-11(2)5-8-17-9-7-14-6-3-4-12(10-14)13(15)16;/h11-12H,3-10H2,1-2H3,(H,15,16);1H. The highest BCUT2D eigenvalue weighted by Gasteiger charge is 2.24. The molecule has 1 atom stereocenters. The molecule has 0 aliphatic carbocycles. The summed E-state index contributed by atoms with van der Waals surface area (Å²) in [5, 5.41) is 8.97. The van der Waals surface area contributed by atoms with Crippen molar-refractivity contribution < 1.29 is 14.6 Å². The largest absolute Gasteiger partial charge is 0.481 e. The first-order valence-corrected chi connectivity index (χ1v) is 6.62. The molecule has 0 aromatic rings. The molecule has 18 heavy (non-hydrogen) atoms. The summed E-state index contributed by atoms with van der Waals surface area (Å²) in [5.41, 5.74) is 0. The number of carbonyl (C=O) groups is 1. The van der Waals surface area contributed by atoms with Gasteiger partial charge in [-0.2, -0.15) is 0 Å². The lowest BCUT2D eigenvalue weighted by molar-refractivity contribution is -0.143. The summed E-state index contributed by atoms with van der Waals surface area (Å²) < 4.78 is 5.55. The van der Waals surface area contributed by atoms with E-state index in [0.29, 0.717) is 12.5 Å². The Morgan fingerprint density at radius 2 is 2.17 bits per heavy atom. The number of ether oxygens (including phenoxy) is 1. The Morgan fingerprint density at radius 3 is 2.78 bits per heavy atom. The second-order valence-corrected chi connectivity index (χ2v) is 5.27. The molecule has 0 radical (unpaired) electrons. The maximum Gasteiger partial charge on any atom is 0.307 e. The molecule has 1 aliphatic rings. The first-order chi connectivity index (χ1) is 8.09. The van der Waals surface area contributed by atoms with Crippen molar-refractivity contribution in [3.05, 3.63) is 0 Å². The number of piperidine rings is 1. The van der Waals surface area contributed by atoms with Gasteiger partial charge in [0.25, 0.3) is 0 Å². The summed E-state index contributed by atoms with van der Waals surface area (Å²) >= 11 is 0. The number of hydrogen-bond acceptors (Lipinski definition) is 3. The lowest BCUT2D eigenvalue weighted by atomic mass is 9.98. The number of carboxylic acid groups (broad SMARTS) is 1. The van der Waals surface area contributed by atoms with Gasteiger partial charge in [-0.3, -0.25) is 4.79 Å². The van der Waals surface area contributed by atoms with E-state index < -0.39 is 5.97 Å². The Hall–Kier alpha value is -0.320. The molecular weight excluding hydrogens is 254 g/mol. The molecule has 0 amide bonds. The van der Waals surface area contributed by atoms with E-state index in [2.05, 4.69) is 18.7 Å². The van der Waals surface area contributed by atoms with Crippen LogP contribution in [-0.4, -0.2) is 48.8 Å². The molecule has 5 heteroatoms. The van der Waals surface area contributed by atoms with E-state index in [1.54, 1.807) is 0 Å². The van der Waals surface area contributed by atoms with Gasteiger partial charge in [-0.05, 0) is 31.7 Å². The van der Waals surface area contributed by atoms with E-state index in [1.165, 1.54) is 0 Å². The maximum atomic E-state index is 10.9. The summed E-state index contributed by atoms with van der Waals surface area (Å²) in [4.78, 5) is 13.1. The maximum absolute atomic E-state index is 10.9. The molecule has 0 spiro atoms. The monoisotopic (exact) mass is 279 g/mol. The van der Waals surface area contributed by atoms with Gasteiger partial charge in [0.05, 0.1) is 12.5 Å². The number of nitrogens with zero attached hydrogens (tertiary/aromatic N) is 1. The number of likely N-dealkylation sites (tertiary alicyclic amines) is 1. The number of rotatable bonds is 7. The van der Waals surface area contributed by atoms with Crippen LogP contribution in [-0.2, 0) is 9.53 Å². The molecule has 1 fully saturated rings. The van der Waals surface area contributed by atoms with Crippen LogP contribution in [0.4, 0.5) is 0 Å². The van der Waals surface area contributed by atoms with Crippen molar-refractivity contribution in [2.75, 3.05) is 32.8 Å². The van der Waals surface area contributed by atoms with Crippen LogP contribution >= 0.6 is 12.4 Å². The average molecular weight is 280 g/mol. The van der Waals surface area contributed by atoms with E-state index in [1.807, 2.05) is 0 Å². The van der Waals surface area contributed by atoms with Gasteiger partial charge >= 0.3 is 5.97 Å². The van der Waals surface area contributed by atoms with E-state index in [4.69, 9.17) is 9.84 Å². The van der Waals surface area contributed by atoms with Gasteiger partial charge in [0, 0.05) is 19.7 Å². The Bertz CT molecular complexity index is 236. The van der Waals surface area contributed by atoms with Gasteiger partial charge < -0.3 is 14.7 Å². The van der Waals surface area contributed by atoms with Gasteiger partial charge in [0.2, 0.25) is 0 Å². The number of carboxylic acids is 1. The van der Waals surface area contributed by atoms with Gasteiger partial charge in [-0.15, -0.1) is 12.4 Å². The summed E-state index contributed by atoms with van der Waals surface area (Å²) in [6, 6.07) is 0. The van der Waals surface area contributed by atoms with Crippen molar-refractivity contribution in [3.63, 3.8) is 0 Å². The van der Waals surface area contributed by atoms with Crippen molar-refractivity contribution >= 4 is 18.4 Å². The number of hydrogen-bond donors (Lipinski definition) is 1. The average Bonchev–Trinajstić information content (AvgIpc) is 2.28. The van der Waals surface area contributed by atoms with Gasteiger partial charge in [0.1, 0.15) is 0 Å². The normalized spacial score (nSPS) is 20.7. The zero-order valence-corrected chi connectivity index (χ0v) is 12.2. The zero-order chi connectivity index (χ0) is 12.7. The van der Waals surface area contributed by atoms with Crippen LogP contribution in [0.15, 0.2) is 0 Å². The van der Waals surface area contributed by atoms with Crippen molar-refractivity contribution in [1.29, 1.82) is 0 Å². The van der Waals surface area contributed by atoms with Crippen molar-refractivity contribution in [3.8, 4) is 0 Å². The van der Waals surface area contributed by atoms with Crippen LogP contribution < -0.4 is 0 Å². The Labute approximate surface area is 116 Å². The molecule has 4 nitrogen and oxygen atoms in total. The number of halogens is 1. The van der Waals surface area contributed by atoms with Gasteiger partial charge in [-0.25, -0.2) is 0 Å². The third-order valence-electron chi connectivity index (χ3n) is 3.25. The molecule has 1 rings (SSSR count). The highest BCUT2D eigenvalue weighted by atomic mass is 35.5. The van der Waals surface area contributed by atoms with E-state index in [9.17, 15) is 4.79 Å². The molecule has 0 bridgehead atoms. The second kappa shape index (κ2) is 9.59. The molecule has 1 saturated heterocycles. The first-order valence-electron chi connectivity index (χ1n) is 6.62. The Kier molecular flexibility index (Phi) is 9.42. The van der Waals surface area contributed by atoms with Crippen LogP contribution in [0.5, 0.6) is 0 Å². The Balaban J connectivity index is 0.00000289. The van der Waals surface area contributed by atoms with Crippen molar-refractivity contribution in [2.45, 2.75) is 33.1 Å². The van der Waals surface area contributed by atoms with Gasteiger partial charge in [-0.1, -0.05) is 13.8 Å². The molecule has 1 aliphatic heterocycles. The highest BCUT2D eigenvalue weighted by molar-refractivity contribution is 5.85. The predicted molar refractivity (Wildman–Crippen MR) is 74.3 cm³/mol. The molecule has 0 aromatic carbocycles.